The van der Waals surface area contributed by atoms with Crippen molar-refractivity contribution in [3.63, 3.8) is 0 Å². The van der Waals surface area contributed by atoms with Gasteiger partial charge in [0, 0.05) is 18.5 Å². The van der Waals surface area contributed by atoms with Crippen LogP contribution in [0.1, 0.15) is 24.0 Å². The summed E-state index contributed by atoms with van der Waals surface area (Å²) in [5.74, 6) is 0.483. The number of benzene rings is 1. The number of aromatic nitrogens is 1. The second-order valence-electron chi connectivity index (χ2n) is 5.53. The number of rotatable bonds is 3. The summed E-state index contributed by atoms with van der Waals surface area (Å²) < 4.78 is 0. The minimum atomic E-state index is 0.136. The van der Waals surface area contributed by atoms with Gasteiger partial charge in [0.25, 0.3) is 0 Å². The number of thioether (sulfide) groups is 1. The number of hydrogen-bond donors (Lipinski definition) is 0. The molecule has 0 atom stereocenters. The summed E-state index contributed by atoms with van der Waals surface area (Å²) in [5, 5.41) is 10.9. The van der Waals surface area contributed by atoms with E-state index in [0.717, 1.165) is 42.4 Å². The minimum Gasteiger partial charge on any atom is -0.342 e. The summed E-state index contributed by atoms with van der Waals surface area (Å²) in [6.07, 6.45) is 2.18. The number of pyridine rings is 1. The van der Waals surface area contributed by atoms with Gasteiger partial charge in [-0.25, -0.2) is 4.98 Å². The molecule has 3 rings (SSSR count). The van der Waals surface area contributed by atoms with Crippen LogP contribution in [0.4, 0.5) is 0 Å². The van der Waals surface area contributed by atoms with E-state index in [1.165, 1.54) is 11.8 Å². The van der Waals surface area contributed by atoms with E-state index in [0.29, 0.717) is 16.3 Å². The summed E-state index contributed by atoms with van der Waals surface area (Å²) in [6, 6.07) is 10.0. The monoisotopic (exact) mass is 311 g/mol. The highest BCUT2D eigenvalue weighted by atomic mass is 32.2. The van der Waals surface area contributed by atoms with E-state index in [-0.39, 0.29) is 5.91 Å². The van der Waals surface area contributed by atoms with Crippen molar-refractivity contribution in [2.24, 2.45) is 0 Å². The Labute approximate surface area is 134 Å². The molecule has 1 aliphatic heterocycles. The van der Waals surface area contributed by atoms with Crippen molar-refractivity contribution in [3.05, 3.63) is 35.4 Å². The molecule has 1 saturated heterocycles. The van der Waals surface area contributed by atoms with Crippen LogP contribution in [0, 0.1) is 18.3 Å². The fraction of sp³-hybridized carbons (Fsp3) is 0.353. The van der Waals surface area contributed by atoms with Gasteiger partial charge in [-0.1, -0.05) is 23.4 Å². The molecule has 2 heterocycles. The minimum absolute atomic E-state index is 0.136. The number of carbonyl (C=O) groups excluding carboxylic acids is 1. The number of carbonyl (C=O) groups is 1. The SMILES string of the molecule is Cc1ccc2nc(SCC(=O)N3CCCC3)c(C#N)cc2c1. The normalized spacial score (nSPS) is 14.3. The molecule has 1 aromatic carbocycles. The largest absolute Gasteiger partial charge is 0.342 e. The molecular formula is C17H17N3OS. The summed E-state index contributed by atoms with van der Waals surface area (Å²) in [6.45, 7) is 3.73. The predicted molar refractivity (Wildman–Crippen MR) is 87.7 cm³/mol. The van der Waals surface area contributed by atoms with E-state index >= 15 is 0 Å². The standard InChI is InChI=1S/C17H17N3OS/c1-12-4-5-15-13(8-12)9-14(10-18)17(19-15)22-11-16(21)20-6-2-3-7-20/h4-5,8-9H,2-3,6-7,11H2,1H3. The number of fused-ring (bicyclic) bond motifs is 1. The number of aryl methyl sites for hydroxylation is 1. The summed E-state index contributed by atoms with van der Waals surface area (Å²) >= 11 is 1.36. The predicted octanol–water partition coefficient (Wildman–Crippen LogP) is 3.13. The Balaban J connectivity index is 1.81. The molecule has 1 fully saturated rings. The van der Waals surface area contributed by atoms with Crippen molar-refractivity contribution >= 4 is 28.6 Å². The van der Waals surface area contributed by atoms with Crippen LogP contribution in [0.3, 0.4) is 0 Å². The molecular weight excluding hydrogens is 294 g/mol. The third-order valence-corrected chi connectivity index (χ3v) is 4.82. The molecule has 0 bridgehead atoms. The maximum atomic E-state index is 12.1. The lowest BCUT2D eigenvalue weighted by atomic mass is 10.1. The van der Waals surface area contributed by atoms with Crippen molar-refractivity contribution in [3.8, 4) is 6.07 Å². The van der Waals surface area contributed by atoms with E-state index in [4.69, 9.17) is 0 Å². The van der Waals surface area contributed by atoms with Crippen LogP contribution in [0.25, 0.3) is 10.9 Å². The van der Waals surface area contributed by atoms with Gasteiger partial charge in [0.05, 0.1) is 16.8 Å². The fourth-order valence-corrected chi connectivity index (χ4v) is 3.52. The van der Waals surface area contributed by atoms with Crippen LogP contribution in [0.15, 0.2) is 29.3 Å². The highest BCUT2D eigenvalue weighted by molar-refractivity contribution is 8.00. The lowest BCUT2D eigenvalue weighted by molar-refractivity contribution is -0.127. The molecule has 22 heavy (non-hydrogen) atoms. The zero-order valence-corrected chi connectivity index (χ0v) is 13.3. The molecule has 0 spiro atoms. The summed E-state index contributed by atoms with van der Waals surface area (Å²) in [7, 11) is 0. The van der Waals surface area contributed by atoms with Crippen LogP contribution in [-0.2, 0) is 4.79 Å². The highest BCUT2D eigenvalue weighted by Gasteiger charge is 2.18. The van der Waals surface area contributed by atoms with Crippen LogP contribution in [0.5, 0.6) is 0 Å². The molecule has 5 heteroatoms. The average molecular weight is 311 g/mol. The van der Waals surface area contributed by atoms with Crippen molar-refractivity contribution in [2.75, 3.05) is 18.8 Å². The van der Waals surface area contributed by atoms with Gasteiger partial charge in [-0.15, -0.1) is 0 Å². The van der Waals surface area contributed by atoms with Crippen LogP contribution in [0.2, 0.25) is 0 Å². The fourth-order valence-electron chi connectivity index (χ4n) is 2.66. The van der Waals surface area contributed by atoms with E-state index in [1.54, 1.807) is 0 Å². The van der Waals surface area contributed by atoms with Gasteiger partial charge in [-0.05, 0) is 38.0 Å². The molecule has 1 aromatic heterocycles. The van der Waals surface area contributed by atoms with Gasteiger partial charge in [0.1, 0.15) is 11.1 Å². The number of nitriles is 1. The Morgan fingerprint density at radius 3 is 2.86 bits per heavy atom. The van der Waals surface area contributed by atoms with Crippen molar-refractivity contribution < 1.29 is 4.79 Å². The summed E-state index contributed by atoms with van der Waals surface area (Å²) in [5.41, 5.74) is 2.54. The van der Waals surface area contributed by atoms with E-state index in [2.05, 4.69) is 11.1 Å². The van der Waals surface area contributed by atoms with E-state index in [9.17, 15) is 10.1 Å². The van der Waals surface area contributed by atoms with Gasteiger partial charge in [-0.3, -0.25) is 4.79 Å². The molecule has 1 aliphatic rings. The van der Waals surface area contributed by atoms with Crippen LogP contribution < -0.4 is 0 Å². The maximum Gasteiger partial charge on any atom is 0.232 e. The number of hydrogen-bond acceptors (Lipinski definition) is 4. The van der Waals surface area contributed by atoms with Gasteiger partial charge < -0.3 is 4.90 Å². The van der Waals surface area contributed by atoms with Crippen molar-refractivity contribution in [1.29, 1.82) is 5.26 Å². The molecule has 0 aliphatic carbocycles. The second kappa shape index (κ2) is 6.37. The van der Waals surface area contributed by atoms with E-state index < -0.39 is 0 Å². The van der Waals surface area contributed by atoms with Crippen molar-refractivity contribution in [1.82, 2.24) is 9.88 Å². The Kier molecular flexibility index (Phi) is 4.30. The van der Waals surface area contributed by atoms with E-state index in [1.807, 2.05) is 36.1 Å². The van der Waals surface area contributed by atoms with Gasteiger partial charge in [-0.2, -0.15) is 5.26 Å². The third-order valence-electron chi connectivity index (χ3n) is 3.85. The zero-order chi connectivity index (χ0) is 15.5. The number of amides is 1. The smallest absolute Gasteiger partial charge is 0.232 e. The molecule has 2 aromatic rings. The number of nitrogens with zero attached hydrogens (tertiary/aromatic N) is 3. The molecule has 0 saturated carbocycles. The quantitative estimate of drug-likeness (QED) is 0.817. The highest BCUT2D eigenvalue weighted by Crippen LogP contribution is 2.25. The lowest BCUT2D eigenvalue weighted by Gasteiger charge is -2.14. The Hall–Kier alpha value is -2.06. The Morgan fingerprint density at radius 2 is 2.14 bits per heavy atom. The lowest BCUT2D eigenvalue weighted by Crippen LogP contribution is -2.29. The first-order valence-corrected chi connectivity index (χ1v) is 8.38. The maximum absolute atomic E-state index is 12.1. The first-order chi connectivity index (χ1) is 10.7. The molecule has 112 valence electrons. The molecule has 1 amide bonds. The topological polar surface area (TPSA) is 57.0 Å². The third kappa shape index (κ3) is 3.07. The molecule has 4 nitrogen and oxygen atoms in total. The molecule has 0 unspecified atom stereocenters. The zero-order valence-electron chi connectivity index (χ0n) is 12.5. The first-order valence-electron chi connectivity index (χ1n) is 7.39. The average Bonchev–Trinajstić information content (AvgIpc) is 3.06. The first kappa shape index (κ1) is 14.9. The molecule has 0 radical (unpaired) electrons. The Morgan fingerprint density at radius 1 is 1.36 bits per heavy atom. The second-order valence-corrected chi connectivity index (χ2v) is 6.49. The Bertz CT molecular complexity index is 760. The number of likely N-dealkylation sites (tertiary alicyclic amines) is 1. The molecule has 0 N–H and O–H groups in total. The summed E-state index contributed by atoms with van der Waals surface area (Å²) in [4.78, 5) is 18.6. The van der Waals surface area contributed by atoms with Gasteiger partial charge >= 0.3 is 0 Å². The van der Waals surface area contributed by atoms with Crippen molar-refractivity contribution in [2.45, 2.75) is 24.8 Å². The van der Waals surface area contributed by atoms with Gasteiger partial charge in [0.2, 0.25) is 5.91 Å². The van der Waals surface area contributed by atoms with Crippen LogP contribution >= 0.6 is 11.8 Å². The van der Waals surface area contributed by atoms with Gasteiger partial charge in [0.15, 0.2) is 0 Å². The van der Waals surface area contributed by atoms with Crippen LogP contribution in [-0.4, -0.2) is 34.6 Å².